The van der Waals surface area contributed by atoms with Crippen molar-refractivity contribution in [1.82, 2.24) is 9.97 Å². The summed E-state index contributed by atoms with van der Waals surface area (Å²) in [6.45, 7) is 0. The Bertz CT molecular complexity index is 1110. The fourth-order valence-electron chi connectivity index (χ4n) is 2.29. The highest BCUT2D eigenvalue weighted by Crippen LogP contribution is 2.20. The van der Waals surface area contributed by atoms with Crippen LogP contribution in [-0.4, -0.2) is 31.7 Å². The molecule has 2 aromatic heterocycles. The SMILES string of the molecule is NC(N)=N/N=C(/c1nc2ccc([N+](=O)[O-])cc2[nH]c1=O)[C@@H](O)c1ccco1. The first kappa shape index (κ1) is 17.8. The van der Waals surface area contributed by atoms with Gasteiger partial charge in [-0.1, -0.05) is 0 Å². The Hall–Kier alpha value is -4.06. The summed E-state index contributed by atoms with van der Waals surface area (Å²) < 4.78 is 5.12. The second-order valence-electron chi connectivity index (χ2n) is 5.30. The van der Waals surface area contributed by atoms with Crippen LogP contribution in [-0.2, 0) is 0 Å². The molecule has 0 unspecified atom stereocenters. The third kappa shape index (κ3) is 3.64. The van der Waals surface area contributed by atoms with E-state index in [1.807, 2.05) is 0 Å². The molecule has 0 aliphatic heterocycles. The van der Waals surface area contributed by atoms with Gasteiger partial charge in [-0.25, -0.2) is 4.98 Å². The molecule has 12 heteroatoms. The van der Waals surface area contributed by atoms with Crippen LogP contribution in [0.5, 0.6) is 0 Å². The molecule has 0 spiro atoms. The Balaban J connectivity index is 2.18. The van der Waals surface area contributed by atoms with Crippen LogP contribution in [0.3, 0.4) is 0 Å². The molecule has 0 radical (unpaired) electrons. The lowest BCUT2D eigenvalue weighted by molar-refractivity contribution is -0.384. The number of hydrogen-bond donors (Lipinski definition) is 4. The monoisotopic (exact) mass is 371 g/mol. The van der Waals surface area contributed by atoms with E-state index in [9.17, 15) is 20.0 Å². The number of nitro benzene ring substituents is 1. The Labute approximate surface area is 150 Å². The number of fused-ring (bicyclic) bond motifs is 1. The molecule has 1 aromatic carbocycles. The van der Waals surface area contributed by atoms with E-state index >= 15 is 0 Å². The number of H-pyrrole nitrogens is 1. The molecule has 0 fully saturated rings. The first-order valence-electron chi connectivity index (χ1n) is 7.43. The summed E-state index contributed by atoms with van der Waals surface area (Å²) in [4.78, 5) is 29.3. The zero-order valence-corrected chi connectivity index (χ0v) is 13.6. The molecule has 3 aromatic rings. The average molecular weight is 371 g/mol. The van der Waals surface area contributed by atoms with Gasteiger partial charge in [0.15, 0.2) is 11.8 Å². The molecule has 0 aliphatic carbocycles. The van der Waals surface area contributed by atoms with Crippen LogP contribution in [0.4, 0.5) is 5.69 Å². The van der Waals surface area contributed by atoms with Crippen molar-refractivity contribution in [2.45, 2.75) is 6.10 Å². The average Bonchev–Trinajstić information content (AvgIpc) is 3.15. The number of nitrogens with two attached hydrogens (primary N) is 2. The highest BCUT2D eigenvalue weighted by Gasteiger charge is 2.25. The van der Waals surface area contributed by atoms with Crippen LogP contribution in [0.25, 0.3) is 11.0 Å². The van der Waals surface area contributed by atoms with Gasteiger partial charge in [0.05, 0.1) is 22.2 Å². The summed E-state index contributed by atoms with van der Waals surface area (Å²) >= 11 is 0. The van der Waals surface area contributed by atoms with Crippen molar-refractivity contribution in [2.75, 3.05) is 0 Å². The van der Waals surface area contributed by atoms with E-state index in [1.54, 1.807) is 0 Å². The molecular weight excluding hydrogens is 358 g/mol. The molecule has 1 atom stereocenters. The van der Waals surface area contributed by atoms with Crippen molar-refractivity contribution in [3.05, 3.63) is 68.5 Å². The van der Waals surface area contributed by atoms with E-state index in [1.165, 1.54) is 36.6 Å². The van der Waals surface area contributed by atoms with Gasteiger partial charge in [-0.2, -0.15) is 0 Å². The van der Waals surface area contributed by atoms with Crippen molar-refractivity contribution >= 4 is 28.4 Å². The quantitative estimate of drug-likeness (QED) is 0.210. The highest BCUT2D eigenvalue weighted by atomic mass is 16.6. The summed E-state index contributed by atoms with van der Waals surface area (Å²) in [6.07, 6.45) is -0.152. The summed E-state index contributed by atoms with van der Waals surface area (Å²) in [5, 5.41) is 28.5. The Morgan fingerprint density at radius 2 is 2.11 bits per heavy atom. The Morgan fingerprint density at radius 3 is 2.74 bits per heavy atom. The predicted molar refractivity (Wildman–Crippen MR) is 95.0 cm³/mol. The van der Waals surface area contributed by atoms with E-state index in [4.69, 9.17) is 15.9 Å². The summed E-state index contributed by atoms with van der Waals surface area (Å²) in [6, 6.07) is 6.75. The molecule has 0 bridgehead atoms. The molecule has 0 aliphatic rings. The number of benzene rings is 1. The number of nitrogens with zero attached hydrogens (tertiary/aromatic N) is 4. The van der Waals surface area contributed by atoms with E-state index < -0.39 is 22.5 Å². The largest absolute Gasteiger partial charge is 0.466 e. The zero-order chi connectivity index (χ0) is 19.6. The highest BCUT2D eigenvalue weighted by molar-refractivity contribution is 6.03. The fourth-order valence-corrected chi connectivity index (χ4v) is 2.29. The molecule has 27 heavy (non-hydrogen) atoms. The molecule has 12 nitrogen and oxygen atoms in total. The summed E-state index contributed by atoms with van der Waals surface area (Å²) in [5.41, 5.74) is 9.39. The lowest BCUT2D eigenvalue weighted by Crippen LogP contribution is -2.26. The Kier molecular flexibility index (Phi) is 4.64. The van der Waals surface area contributed by atoms with Crippen LogP contribution in [0.2, 0.25) is 0 Å². The molecule has 0 saturated heterocycles. The number of aromatic amines is 1. The maximum absolute atomic E-state index is 12.5. The number of furan rings is 1. The number of aliphatic hydroxyl groups is 1. The number of non-ortho nitro benzene ring substituents is 1. The van der Waals surface area contributed by atoms with Gasteiger partial charge >= 0.3 is 0 Å². The van der Waals surface area contributed by atoms with Gasteiger partial charge in [-0.3, -0.25) is 14.9 Å². The summed E-state index contributed by atoms with van der Waals surface area (Å²) in [5.74, 6) is -0.309. The Morgan fingerprint density at radius 1 is 1.33 bits per heavy atom. The number of nitro groups is 1. The molecule has 0 amide bonds. The van der Waals surface area contributed by atoms with Gasteiger partial charge in [-0.15, -0.1) is 10.2 Å². The number of aromatic nitrogens is 2. The lowest BCUT2D eigenvalue weighted by atomic mass is 10.1. The predicted octanol–water partition coefficient (Wildman–Crippen LogP) is 0.135. The molecular formula is C15H13N7O5. The van der Waals surface area contributed by atoms with Crippen molar-refractivity contribution < 1.29 is 14.4 Å². The van der Waals surface area contributed by atoms with Crippen LogP contribution >= 0.6 is 0 Å². The van der Waals surface area contributed by atoms with E-state index in [-0.39, 0.29) is 33.9 Å². The first-order valence-corrected chi connectivity index (χ1v) is 7.43. The number of nitrogens with one attached hydrogen (secondary N) is 1. The van der Waals surface area contributed by atoms with E-state index in [2.05, 4.69) is 20.2 Å². The molecule has 6 N–H and O–H groups in total. The van der Waals surface area contributed by atoms with Crippen LogP contribution in [0.1, 0.15) is 17.6 Å². The van der Waals surface area contributed by atoms with Crippen LogP contribution in [0.15, 0.2) is 56.0 Å². The summed E-state index contributed by atoms with van der Waals surface area (Å²) in [7, 11) is 0. The number of guanidine groups is 1. The second kappa shape index (κ2) is 7.05. The van der Waals surface area contributed by atoms with Crippen molar-refractivity contribution in [3.63, 3.8) is 0 Å². The van der Waals surface area contributed by atoms with Crippen molar-refractivity contribution in [2.24, 2.45) is 21.7 Å². The van der Waals surface area contributed by atoms with Gasteiger partial charge in [0.25, 0.3) is 11.2 Å². The normalized spacial score (nSPS) is 12.7. The number of rotatable bonds is 5. The van der Waals surface area contributed by atoms with Gasteiger partial charge < -0.3 is 26.0 Å². The number of aliphatic hydroxyl groups excluding tert-OH is 1. The van der Waals surface area contributed by atoms with Gasteiger partial charge in [0.1, 0.15) is 11.5 Å². The smallest absolute Gasteiger partial charge is 0.276 e. The van der Waals surface area contributed by atoms with Crippen LogP contribution < -0.4 is 17.0 Å². The minimum absolute atomic E-state index is 0.0875. The van der Waals surface area contributed by atoms with Gasteiger partial charge in [0.2, 0.25) is 5.96 Å². The molecule has 138 valence electrons. The van der Waals surface area contributed by atoms with E-state index in [0.29, 0.717) is 0 Å². The van der Waals surface area contributed by atoms with Gasteiger partial charge in [0, 0.05) is 12.1 Å². The standard InChI is InChI=1S/C15H13N7O5/c16-15(17)21-20-11(13(23)10-2-1-5-27-10)12-14(24)19-9-6-7(22(25)26)3-4-8(9)18-12/h1-6,13,23H,(H,19,24)(H4,16,17,21)/b20-11-/t13-/m0/s1. The lowest BCUT2D eigenvalue weighted by Gasteiger charge is -2.10. The molecule has 0 saturated carbocycles. The molecule has 3 rings (SSSR count). The third-order valence-corrected chi connectivity index (χ3v) is 3.47. The second-order valence-corrected chi connectivity index (χ2v) is 5.30. The minimum atomic E-state index is -1.48. The third-order valence-electron chi connectivity index (χ3n) is 3.47. The maximum Gasteiger partial charge on any atom is 0.276 e. The topological polar surface area (TPSA) is 199 Å². The molecule has 2 heterocycles. The first-order chi connectivity index (χ1) is 12.9. The maximum atomic E-state index is 12.5. The zero-order valence-electron chi connectivity index (χ0n) is 13.6. The van der Waals surface area contributed by atoms with E-state index in [0.717, 1.165) is 0 Å². The number of hydrogen-bond acceptors (Lipinski definition) is 8. The van der Waals surface area contributed by atoms with Crippen LogP contribution in [0, 0.1) is 10.1 Å². The van der Waals surface area contributed by atoms with Crippen molar-refractivity contribution in [1.29, 1.82) is 0 Å². The van der Waals surface area contributed by atoms with Crippen molar-refractivity contribution in [3.8, 4) is 0 Å². The van der Waals surface area contributed by atoms with Gasteiger partial charge in [-0.05, 0) is 18.2 Å². The minimum Gasteiger partial charge on any atom is -0.466 e. The fraction of sp³-hybridized carbons (Fsp3) is 0.0667.